The van der Waals surface area contributed by atoms with Gasteiger partial charge in [0, 0.05) is 5.41 Å². The molecule has 0 radical (unpaired) electrons. The topological polar surface area (TPSA) is 80.4 Å². The smallest absolute Gasteiger partial charge is 0.212 e. The molecule has 2 bridgehead atoms. The van der Waals surface area contributed by atoms with Crippen LogP contribution in [0.4, 0.5) is 0 Å². The number of aliphatic hydroxyl groups is 1. The summed E-state index contributed by atoms with van der Waals surface area (Å²) in [5.41, 5.74) is -0.585. The van der Waals surface area contributed by atoms with Crippen LogP contribution in [0.2, 0.25) is 0 Å². The first-order chi connectivity index (χ1) is 5.98. The predicted octanol–water partition coefficient (Wildman–Crippen LogP) is -0.398. The van der Waals surface area contributed by atoms with E-state index in [2.05, 4.69) is 0 Å². The number of rotatable bonds is 2. The Bertz CT molecular complexity index is 348. The molecule has 2 aliphatic rings. The van der Waals surface area contributed by atoms with Gasteiger partial charge in [-0.05, 0) is 18.8 Å². The minimum Gasteiger partial charge on any atom is -0.395 e. The van der Waals surface area contributed by atoms with Gasteiger partial charge in [-0.2, -0.15) is 0 Å². The van der Waals surface area contributed by atoms with Crippen molar-refractivity contribution in [3.8, 4) is 0 Å². The Morgan fingerprint density at radius 2 is 2.31 bits per heavy atom. The van der Waals surface area contributed by atoms with Crippen LogP contribution in [0.3, 0.4) is 0 Å². The second-order valence-electron chi connectivity index (χ2n) is 4.03. The number of hydrogen-bond donors (Lipinski definition) is 2. The summed E-state index contributed by atoms with van der Waals surface area (Å²) in [4.78, 5) is 0. The number of primary sulfonamides is 1. The van der Waals surface area contributed by atoms with Crippen molar-refractivity contribution in [1.29, 1.82) is 0 Å². The van der Waals surface area contributed by atoms with Crippen molar-refractivity contribution < 1.29 is 13.5 Å². The zero-order chi connectivity index (χ0) is 9.69. The van der Waals surface area contributed by atoms with E-state index in [4.69, 9.17) is 5.14 Å². The van der Waals surface area contributed by atoms with Gasteiger partial charge in [-0.1, -0.05) is 12.2 Å². The van der Waals surface area contributed by atoms with Crippen LogP contribution in [0, 0.1) is 11.3 Å². The second kappa shape index (κ2) is 2.56. The van der Waals surface area contributed by atoms with Gasteiger partial charge in [0.15, 0.2) is 0 Å². The highest BCUT2D eigenvalue weighted by molar-refractivity contribution is 7.89. The largest absolute Gasteiger partial charge is 0.395 e. The van der Waals surface area contributed by atoms with E-state index in [0.717, 1.165) is 6.42 Å². The van der Waals surface area contributed by atoms with Crippen LogP contribution in [0.15, 0.2) is 12.2 Å². The first-order valence-electron chi connectivity index (χ1n) is 4.30. The van der Waals surface area contributed by atoms with E-state index < -0.39 is 20.7 Å². The molecule has 1 saturated carbocycles. The van der Waals surface area contributed by atoms with E-state index in [1.54, 1.807) is 0 Å². The zero-order valence-corrected chi connectivity index (χ0v) is 8.00. The Morgan fingerprint density at radius 1 is 1.62 bits per heavy atom. The molecule has 0 aromatic heterocycles. The summed E-state index contributed by atoms with van der Waals surface area (Å²) in [7, 11) is -3.52. The van der Waals surface area contributed by atoms with Crippen molar-refractivity contribution in [3.63, 3.8) is 0 Å². The minimum absolute atomic E-state index is 0.124. The normalized spacial score (nSPS) is 42.9. The van der Waals surface area contributed by atoms with Crippen molar-refractivity contribution in [3.05, 3.63) is 12.2 Å². The summed E-state index contributed by atoms with van der Waals surface area (Å²) in [6, 6.07) is 0. The summed E-state index contributed by atoms with van der Waals surface area (Å²) in [5, 5.41) is 13.7. The third-order valence-electron chi connectivity index (χ3n) is 3.19. The highest BCUT2D eigenvalue weighted by Crippen LogP contribution is 2.51. The third kappa shape index (κ3) is 1.22. The fourth-order valence-corrected chi connectivity index (χ4v) is 3.96. The molecule has 0 saturated heterocycles. The lowest BCUT2D eigenvalue weighted by molar-refractivity contribution is 0.178. The van der Waals surface area contributed by atoms with Gasteiger partial charge in [-0.3, -0.25) is 0 Å². The van der Waals surface area contributed by atoms with E-state index in [1.807, 2.05) is 12.2 Å². The van der Waals surface area contributed by atoms with Gasteiger partial charge < -0.3 is 5.11 Å². The lowest BCUT2D eigenvalue weighted by Crippen LogP contribution is -2.41. The maximum atomic E-state index is 11.2. The molecule has 3 atom stereocenters. The Morgan fingerprint density at radius 3 is 2.69 bits per heavy atom. The molecule has 0 heterocycles. The fourth-order valence-electron chi connectivity index (χ4n) is 2.54. The van der Waals surface area contributed by atoms with Crippen molar-refractivity contribution in [1.82, 2.24) is 0 Å². The van der Waals surface area contributed by atoms with Crippen LogP contribution < -0.4 is 5.14 Å². The summed E-state index contributed by atoms with van der Waals surface area (Å²) < 4.78 is 22.4. The van der Waals surface area contributed by atoms with Gasteiger partial charge in [0.25, 0.3) is 0 Å². The molecule has 13 heavy (non-hydrogen) atoms. The van der Waals surface area contributed by atoms with Gasteiger partial charge in [-0.15, -0.1) is 0 Å². The van der Waals surface area contributed by atoms with E-state index in [0.29, 0.717) is 6.42 Å². The molecule has 1 fully saturated rings. The second-order valence-corrected chi connectivity index (χ2v) is 5.78. The lowest BCUT2D eigenvalue weighted by atomic mass is 9.88. The average Bonchev–Trinajstić information content (AvgIpc) is 2.59. The van der Waals surface area contributed by atoms with Gasteiger partial charge >= 0.3 is 0 Å². The average molecular weight is 203 g/mol. The molecule has 3 N–H and O–H groups in total. The first-order valence-corrected chi connectivity index (χ1v) is 5.91. The van der Waals surface area contributed by atoms with Crippen LogP contribution >= 0.6 is 0 Å². The lowest BCUT2D eigenvalue weighted by Gasteiger charge is -2.28. The molecule has 2 aliphatic carbocycles. The summed E-state index contributed by atoms with van der Waals surface area (Å²) in [5.74, 6) is 0.287. The summed E-state index contributed by atoms with van der Waals surface area (Å²) in [6.45, 7) is -0.124. The van der Waals surface area contributed by atoms with Crippen molar-refractivity contribution in [2.75, 3.05) is 6.61 Å². The van der Waals surface area contributed by atoms with Crippen LogP contribution in [-0.2, 0) is 10.0 Å². The van der Waals surface area contributed by atoms with E-state index in [1.165, 1.54) is 0 Å². The van der Waals surface area contributed by atoms with Crippen LogP contribution in [0.25, 0.3) is 0 Å². The Hall–Kier alpha value is -0.390. The Kier molecular flexibility index (Phi) is 1.80. The van der Waals surface area contributed by atoms with Crippen molar-refractivity contribution in [2.24, 2.45) is 16.5 Å². The highest BCUT2D eigenvalue weighted by Gasteiger charge is 2.53. The standard InChI is InChI=1S/C8H13NO3S/c9-13(11,12)7-3-6-1-2-8(7,4-6)5-10/h1-2,6-7,10H,3-5H2,(H2,9,11,12). The maximum Gasteiger partial charge on any atom is 0.212 e. The number of fused-ring (bicyclic) bond motifs is 2. The molecule has 2 rings (SSSR count). The molecule has 0 amide bonds. The quantitative estimate of drug-likeness (QED) is 0.599. The van der Waals surface area contributed by atoms with E-state index >= 15 is 0 Å². The number of hydrogen-bond acceptors (Lipinski definition) is 3. The highest BCUT2D eigenvalue weighted by atomic mass is 32.2. The molecular formula is C8H13NO3S. The van der Waals surface area contributed by atoms with Gasteiger partial charge in [0.2, 0.25) is 10.0 Å². The molecule has 0 aromatic rings. The molecular weight excluding hydrogens is 190 g/mol. The number of aliphatic hydroxyl groups excluding tert-OH is 1. The molecule has 74 valence electrons. The number of nitrogens with two attached hydrogens (primary N) is 1. The van der Waals surface area contributed by atoms with Crippen molar-refractivity contribution in [2.45, 2.75) is 18.1 Å². The molecule has 3 unspecified atom stereocenters. The van der Waals surface area contributed by atoms with Gasteiger partial charge in [0.1, 0.15) is 0 Å². The van der Waals surface area contributed by atoms with Gasteiger partial charge in [-0.25, -0.2) is 13.6 Å². The minimum atomic E-state index is -3.52. The molecule has 0 aromatic carbocycles. The van der Waals surface area contributed by atoms with Crippen molar-refractivity contribution >= 4 is 10.0 Å². The van der Waals surface area contributed by atoms with Crippen LogP contribution in [-0.4, -0.2) is 25.4 Å². The van der Waals surface area contributed by atoms with E-state index in [9.17, 15) is 13.5 Å². The monoisotopic (exact) mass is 203 g/mol. The molecule has 4 nitrogen and oxygen atoms in total. The number of sulfonamides is 1. The fraction of sp³-hybridized carbons (Fsp3) is 0.750. The number of allylic oxidation sites excluding steroid dienone is 1. The predicted molar refractivity (Wildman–Crippen MR) is 48.3 cm³/mol. The SMILES string of the molecule is NS(=O)(=O)C1CC2C=CC1(CO)C2. The zero-order valence-electron chi connectivity index (χ0n) is 7.18. The Balaban J connectivity index is 2.39. The van der Waals surface area contributed by atoms with Crippen LogP contribution in [0.5, 0.6) is 0 Å². The van der Waals surface area contributed by atoms with E-state index in [-0.39, 0.29) is 12.5 Å². The van der Waals surface area contributed by atoms with Crippen LogP contribution in [0.1, 0.15) is 12.8 Å². The third-order valence-corrected chi connectivity index (χ3v) is 4.65. The Labute approximate surface area is 77.5 Å². The first kappa shape index (κ1) is 9.18. The maximum absolute atomic E-state index is 11.2. The molecule has 5 heteroatoms. The molecule has 0 spiro atoms. The molecule has 0 aliphatic heterocycles. The summed E-state index contributed by atoms with van der Waals surface area (Å²) in [6.07, 6.45) is 5.09. The summed E-state index contributed by atoms with van der Waals surface area (Å²) >= 11 is 0. The van der Waals surface area contributed by atoms with Gasteiger partial charge in [0.05, 0.1) is 11.9 Å².